The lowest BCUT2D eigenvalue weighted by atomic mass is 9.99. The number of aliphatic hydroxyl groups excluding tert-OH is 2. The van der Waals surface area contributed by atoms with E-state index in [2.05, 4.69) is 0 Å². The summed E-state index contributed by atoms with van der Waals surface area (Å²) in [5, 5.41) is 19.2. The molecule has 78 valence electrons. The molecule has 0 aliphatic carbocycles. The van der Waals surface area contributed by atoms with Gasteiger partial charge in [0.25, 0.3) is 0 Å². The van der Waals surface area contributed by atoms with E-state index in [1.54, 1.807) is 25.1 Å². The first-order valence-corrected chi connectivity index (χ1v) is 4.58. The average Bonchev–Trinajstić information content (AvgIpc) is 2.16. The largest absolute Gasteiger partial charge is 0.398 e. The number of nitrogens with two attached hydrogens (primary N) is 2. The Kier molecular flexibility index (Phi) is 3.33. The predicted octanol–water partition coefficient (Wildman–Crippen LogP) is 0.655. The average molecular weight is 196 g/mol. The molecule has 4 heteroatoms. The van der Waals surface area contributed by atoms with Gasteiger partial charge in [0.15, 0.2) is 0 Å². The van der Waals surface area contributed by atoms with E-state index in [9.17, 15) is 10.2 Å². The van der Waals surface area contributed by atoms with Gasteiger partial charge in [0.05, 0.1) is 6.10 Å². The second kappa shape index (κ2) is 4.30. The van der Waals surface area contributed by atoms with E-state index in [1.165, 1.54) is 0 Å². The van der Waals surface area contributed by atoms with Gasteiger partial charge in [0, 0.05) is 16.9 Å². The minimum absolute atomic E-state index is 0.407. The van der Waals surface area contributed by atoms with E-state index in [0.717, 1.165) is 0 Å². The quantitative estimate of drug-likeness (QED) is 0.534. The maximum absolute atomic E-state index is 9.74. The van der Waals surface area contributed by atoms with E-state index in [4.69, 9.17) is 11.5 Å². The highest BCUT2D eigenvalue weighted by Crippen LogP contribution is 2.29. The summed E-state index contributed by atoms with van der Waals surface area (Å²) in [6.07, 6.45) is -1.39. The van der Waals surface area contributed by atoms with Crippen LogP contribution in [-0.4, -0.2) is 16.3 Å². The van der Waals surface area contributed by atoms with Crippen molar-refractivity contribution < 1.29 is 10.2 Å². The summed E-state index contributed by atoms with van der Waals surface area (Å²) in [4.78, 5) is 0. The molecule has 0 amide bonds. The van der Waals surface area contributed by atoms with Gasteiger partial charge in [-0.25, -0.2) is 0 Å². The number of nitrogen functional groups attached to an aromatic ring is 2. The first-order chi connectivity index (χ1) is 6.57. The van der Waals surface area contributed by atoms with Crippen molar-refractivity contribution in [1.29, 1.82) is 0 Å². The van der Waals surface area contributed by atoms with Gasteiger partial charge in [-0.05, 0) is 18.6 Å². The Hall–Kier alpha value is -1.26. The van der Waals surface area contributed by atoms with Crippen LogP contribution < -0.4 is 11.5 Å². The fraction of sp³-hybridized carbons (Fsp3) is 0.400. The van der Waals surface area contributed by atoms with Gasteiger partial charge in [-0.3, -0.25) is 0 Å². The Labute approximate surface area is 83.2 Å². The maximum atomic E-state index is 9.74. The Bertz CT molecular complexity index is 295. The smallest absolute Gasteiger partial charge is 0.109 e. The van der Waals surface area contributed by atoms with E-state index in [0.29, 0.717) is 23.4 Å². The van der Waals surface area contributed by atoms with Crippen molar-refractivity contribution in [2.75, 3.05) is 11.5 Å². The molecule has 14 heavy (non-hydrogen) atoms. The summed E-state index contributed by atoms with van der Waals surface area (Å²) in [6, 6.07) is 5.01. The van der Waals surface area contributed by atoms with Gasteiger partial charge < -0.3 is 21.7 Å². The van der Waals surface area contributed by atoms with Crippen molar-refractivity contribution in [2.24, 2.45) is 0 Å². The van der Waals surface area contributed by atoms with Gasteiger partial charge in [-0.1, -0.05) is 13.0 Å². The van der Waals surface area contributed by atoms with Crippen molar-refractivity contribution in [3.63, 3.8) is 0 Å². The zero-order chi connectivity index (χ0) is 10.7. The fourth-order valence-corrected chi connectivity index (χ4v) is 1.36. The third-order valence-electron chi connectivity index (χ3n) is 2.25. The highest BCUT2D eigenvalue weighted by molar-refractivity contribution is 5.62. The molecular formula is C10H16N2O2. The molecule has 1 rings (SSSR count). The molecule has 1 aromatic rings. The molecule has 0 heterocycles. The van der Waals surface area contributed by atoms with Crippen molar-refractivity contribution >= 4 is 11.4 Å². The van der Waals surface area contributed by atoms with E-state index < -0.39 is 12.2 Å². The zero-order valence-corrected chi connectivity index (χ0v) is 8.14. The summed E-state index contributed by atoms with van der Waals surface area (Å²) in [6.45, 7) is 1.78. The molecule has 0 radical (unpaired) electrons. The first kappa shape index (κ1) is 10.8. The third kappa shape index (κ3) is 1.97. The second-order valence-corrected chi connectivity index (χ2v) is 3.27. The molecule has 0 bridgehead atoms. The number of hydrogen-bond acceptors (Lipinski definition) is 4. The van der Waals surface area contributed by atoms with Gasteiger partial charge >= 0.3 is 0 Å². The molecule has 0 aliphatic heterocycles. The van der Waals surface area contributed by atoms with E-state index >= 15 is 0 Å². The summed E-state index contributed by atoms with van der Waals surface area (Å²) in [5.41, 5.74) is 12.6. The van der Waals surface area contributed by atoms with Crippen LogP contribution in [-0.2, 0) is 0 Å². The molecule has 0 unspecified atom stereocenters. The Morgan fingerprint density at radius 2 is 1.71 bits per heavy atom. The molecule has 0 aliphatic rings. The number of benzene rings is 1. The number of rotatable bonds is 3. The highest BCUT2D eigenvalue weighted by atomic mass is 16.3. The van der Waals surface area contributed by atoms with Crippen LogP contribution in [0.3, 0.4) is 0 Å². The molecule has 0 fully saturated rings. The summed E-state index contributed by atoms with van der Waals surface area (Å²) < 4.78 is 0. The summed E-state index contributed by atoms with van der Waals surface area (Å²) in [5.74, 6) is 0. The van der Waals surface area contributed by atoms with Crippen LogP contribution >= 0.6 is 0 Å². The molecule has 0 spiro atoms. The Morgan fingerprint density at radius 1 is 1.21 bits per heavy atom. The predicted molar refractivity (Wildman–Crippen MR) is 56.5 cm³/mol. The van der Waals surface area contributed by atoms with Crippen molar-refractivity contribution in [3.8, 4) is 0 Å². The molecule has 0 saturated carbocycles. The van der Waals surface area contributed by atoms with Crippen LogP contribution in [0.5, 0.6) is 0 Å². The molecular weight excluding hydrogens is 180 g/mol. The molecule has 0 saturated heterocycles. The summed E-state index contributed by atoms with van der Waals surface area (Å²) in [7, 11) is 0. The van der Waals surface area contributed by atoms with Gasteiger partial charge in [-0.2, -0.15) is 0 Å². The molecule has 2 atom stereocenters. The van der Waals surface area contributed by atoms with Gasteiger partial charge in [-0.15, -0.1) is 0 Å². The molecule has 1 aromatic carbocycles. The molecule has 6 N–H and O–H groups in total. The van der Waals surface area contributed by atoms with Crippen LogP contribution in [0.1, 0.15) is 25.0 Å². The van der Waals surface area contributed by atoms with Gasteiger partial charge in [0.1, 0.15) is 6.10 Å². The Morgan fingerprint density at radius 3 is 2.14 bits per heavy atom. The zero-order valence-electron chi connectivity index (χ0n) is 8.14. The Balaban J connectivity index is 3.05. The molecule has 4 nitrogen and oxygen atoms in total. The number of hydrogen-bond donors (Lipinski definition) is 4. The first-order valence-electron chi connectivity index (χ1n) is 4.58. The lowest BCUT2D eigenvalue weighted by Crippen LogP contribution is -2.19. The fourth-order valence-electron chi connectivity index (χ4n) is 1.36. The second-order valence-electron chi connectivity index (χ2n) is 3.27. The van der Waals surface area contributed by atoms with Crippen LogP contribution in [0.25, 0.3) is 0 Å². The monoisotopic (exact) mass is 196 g/mol. The standard InChI is InChI=1S/C10H16N2O2/c1-2-8(13)10(14)9-6(11)4-3-5-7(9)12/h3-5,8,10,13-14H,2,11-12H2,1H3/t8-,10+/m0/s1. The van der Waals surface area contributed by atoms with Crippen molar-refractivity contribution in [1.82, 2.24) is 0 Å². The SMILES string of the molecule is CC[C@H](O)[C@@H](O)c1c(N)cccc1N. The van der Waals surface area contributed by atoms with Crippen LogP contribution in [0.15, 0.2) is 18.2 Å². The van der Waals surface area contributed by atoms with E-state index in [1.807, 2.05) is 0 Å². The van der Waals surface area contributed by atoms with Gasteiger partial charge in [0.2, 0.25) is 0 Å². The highest BCUT2D eigenvalue weighted by Gasteiger charge is 2.20. The van der Waals surface area contributed by atoms with E-state index in [-0.39, 0.29) is 0 Å². The van der Waals surface area contributed by atoms with Crippen LogP contribution in [0.4, 0.5) is 11.4 Å². The topological polar surface area (TPSA) is 92.5 Å². The maximum Gasteiger partial charge on any atom is 0.109 e. The minimum Gasteiger partial charge on any atom is -0.398 e. The minimum atomic E-state index is -1.01. The number of anilines is 2. The number of aliphatic hydroxyl groups is 2. The van der Waals surface area contributed by atoms with Crippen molar-refractivity contribution in [2.45, 2.75) is 25.6 Å². The lowest BCUT2D eigenvalue weighted by molar-refractivity contribution is 0.0173. The summed E-state index contributed by atoms with van der Waals surface area (Å²) >= 11 is 0. The van der Waals surface area contributed by atoms with Crippen LogP contribution in [0.2, 0.25) is 0 Å². The lowest BCUT2D eigenvalue weighted by Gasteiger charge is -2.19. The normalized spacial score (nSPS) is 15.1. The van der Waals surface area contributed by atoms with Crippen molar-refractivity contribution in [3.05, 3.63) is 23.8 Å². The third-order valence-corrected chi connectivity index (χ3v) is 2.25. The van der Waals surface area contributed by atoms with Crippen LogP contribution in [0, 0.1) is 0 Å². The molecule has 0 aromatic heterocycles.